The SMILES string of the molecule is O=C(Nc1ccccc1N1CCCC1)NC1C2CN(c3ccc(F)cc3F)CC21. The molecular formula is C22H24F2N4O. The summed E-state index contributed by atoms with van der Waals surface area (Å²) in [5.41, 5.74) is 2.32. The van der Waals surface area contributed by atoms with Gasteiger partial charge in [0.05, 0.1) is 17.1 Å². The number of anilines is 3. The van der Waals surface area contributed by atoms with Gasteiger partial charge < -0.3 is 20.4 Å². The fraction of sp³-hybridized carbons (Fsp3) is 0.409. The van der Waals surface area contributed by atoms with E-state index in [0.29, 0.717) is 30.6 Å². The van der Waals surface area contributed by atoms with Crippen LogP contribution < -0.4 is 20.4 Å². The van der Waals surface area contributed by atoms with E-state index < -0.39 is 11.6 Å². The van der Waals surface area contributed by atoms with E-state index in [9.17, 15) is 13.6 Å². The number of nitrogens with zero attached hydrogens (tertiary/aromatic N) is 2. The molecule has 0 bridgehead atoms. The number of halogens is 2. The van der Waals surface area contributed by atoms with Gasteiger partial charge in [0, 0.05) is 50.1 Å². The Morgan fingerprint density at radius 1 is 0.931 bits per heavy atom. The molecule has 5 nitrogen and oxygen atoms in total. The third-order valence-corrected chi connectivity index (χ3v) is 6.34. The predicted octanol–water partition coefficient (Wildman–Crippen LogP) is 3.82. The Morgan fingerprint density at radius 2 is 1.66 bits per heavy atom. The Bertz CT molecular complexity index is 919. The third kappa shape index (κ3) is 3.50. The molecule has 3 fully saturated rings. The number of carbonyl (C=O) groups is 1. The fourth-order valence-corrected chi connectivity index (χ4v) is 4.80. The van der Waals surface area contributed by atoms with Crippen LogP contribution >= 0.6 is 0 Å². The lowest BCUT2D eigenvalue weighted by Crippen LogP contribution is -2.37. The number of urea groups is 1. The molecule has 2 unspecified atom stereocenters. The van der Waals surface area contributed by atoms with Crippen molar-refractivity contribution in [2.24, 2.45) is 11.8 Å². The number of para-hydroxylation sites is 2. The Labute approximate surface area is 168 Å². The first-order chi connectivity index (χ1) is 14.1. The van der Waals surface area contributed by atoms with Crippen LogP contribution in [0.2, 0.25) is 0 Å². The maximum absolute atomic E-state index is 14.0. The quantitative estimate of drug-likeness (QED) is 0.823. The van der Waals surface area contributed by atoms with E-state index in [0.717, 1.165) is 30.5 Å². The molecule has 152 valence electrons. The van der Waals surface area contributed by atoms with Gasteiger partial charge in [0.15, 0.2) is 0 Å². The van der Waals surface area contributed by atoms with Crippen molar-refractivity contribution in [1.82, 2.24) is 5.32 Å². The van der Waals surface area contributed by atoms with Crippen molar-refractivity contribution in [3.63, 3.8) is 0 Å². The second kappa shape index (κ2) is 7.21. The van der Waals surface area contributed by atoms with Crippen molar-refractivity contribution in [1.29, 1.82) is 0 Å². The summed E-state index contributed by atoms with van der Waals surface area (Å²) < 4.78 is 27.1. The number of rotatable bonds is 4. The van der Waals surface area contributed by atoms with Crippen LogP contribution in [-0.4, -0.2) is 38.3 Å². The molecule has 3 aliphatic rings. The Balaban J connectivity index is 1.17. The second-order valence-electron chi connectivity index (χ2n) is 8.16. The maximum atomic E-state index is 14.0. The molecule has 2 aliphatic heterocycles. The van der Waals surface area contributed by atoms with Crippen LogP contribution in [0.15, 0.2) is 42.5 Å². The number of nitrogens with one attached hydrogen (secondary N) is 2. The number of benzene rings is 2. The highest BCUT2D eigenvalue weighted by molar-refractivity contribution is 5.93. The van der Waals surface area contributed by atoms with Gasteiger partial charge in [-0.25, -0.2) is 13.6 Å². The molecule has 1 saturated carbocycles. The number of hydrogen-bond acceptors (Lipinski definition) is 3. The summed E-state index contributed by atoms with van der Waals surface area (Å²) in [5, 5.41) is 6.07. The van der Waals surface area contributed by atoms with Gasteiger partial charge in [0.1, 0.15) is 11.6 Å². The maximum Gasteiger partial charge on any atom is 0.319 e. The van der Waals surface area contributed by atoms with E-state index in [1.54, 1.807) is 0 Å². The summed E-state index contributed by atoms with van der Waals surface area (Å²) in [6.45, 7) is 3.37. The zero-order valence-electron chi connectivity index (χ0n) is 16.1. The standard InChI is InChI=1S/C22H24F2N4O/c23-14-7-8-19(17(24)11-14)28-12-15-16(13-28)21(15)26-22(29)25-18-5-1-2-6-20(18)27-9-3-4-10-27/h1-2,5-8,11,15-16,21H,3-4,9-10,12-13H2,(H2,25,26,29). The van der Waals surface area contributed by atoms with E-state index in [4.69, 9.17) is 0 Å². The first kappa shape index (κ1) is 18.2. The summed E-state index contributed by atoms with van der Waals surface area (Å²) in [6.07, 6.45) is 2.36. The Morgan fingerprint density at radius 3 is 2.38 bits per heavy atom. The number of piperidine rings is 1. The van der Waals surface area contributed by atoms with Gasteiger partial charge in [0.2, 0.25) is 0 Å². The molecule has 29 heavy (non-hydrogen) atoms. The monoisotopic (exact) mass is 398 g/mol. The fourth-order valence-electron chi connectivity index (χ4n) is 4.80. The summed E-state index contributed by atoms with van der Waals surface area (Å²) in [7, 11) is 0. The first-order valence-electron chi connectivity index (χ1n) is 10.2. The molecule has 2 N–H and O–H groups in total. The van der Waals surface area contributed by atoms with E-state index in [1.165, 1.54) is 25.0 Å². The zero-order chi connectivity index (χ0) is 20.0. The van der Waals surface area contributed by atoms with E-state index in [1.807, 2.05) is 29.2 Å². The number of hydrogen-bond donors (Lipinski definition) is 2. The van der Waals surface area contributed by atoms with Crippen molar-refractivity contribution in [3.05, 3.63) is 54.1 Å². The van der Waals surface area contributed by atoms with E-state index in [-0.39, 0.29) is 12.1 Å². The lowest BCUT2D eigenvalue weighted by atomic mass is 10.2. The van der Waals surface area contributed by atoms with Gasteiger partial charge in [-0.15, -0.1) is 0 Å². The van der Waals surface area contributed by atoms with E-state index in [2.05, 4.69) is 15.5 Å². The molecule has 0 radical (unpaired) electrons. The minimum absolute atomic E-state index is 0.105. The number of amides is 2. The van der Waals surface area contributed by atoms with Crippen molar-refractivity contribution in [2.75, 3.05) is 41.3 Å². The van der Waals surface area contributed by atoms with Crippen molar-refractivity contribution < 1.29 is 13.6 Å². The smallest absolute Gasteiger partial charge is 0.319 e. The van der Waals surface area contributed by atoms with Crippen molar-refractivity contribution >= 4 is 23.1 Å². The second-order valence-corrected chi connectivity index (χ2v) is 8.16. The molecular weight excluding hydrogens is 374 g/mol. The van der Waals surface area contributed by atoms with Gasteiger partial charge in [-0.2, -0.15) is 0 Å². The van der Waals surface area contributed by atoms with Crippen molar-refractivity contribution in [3.8, 4) is 0 Å². The van der Waals surface area contributed by atoms with Gasteiger partial charge >= 0.3 is 6.03 Å². The average molecular weight is 398 g/mol. The molecule has 2 heterocycles. The molecule has 2 amide bonds. The lowest BCUT2D eigenvalue weighted by molar-refractivity contribution is 0.250. The average Bonchev–Trinajstić information content (AvgIpc) is 3.13. The highest BCUT2D eigenvalue weighted by Crippen LogP contribution is 2.47. The third-order valence-electron chi connectivity index (χ3n) is 6.34. The van der Waals surface area contributed by atoms with Crippen LogP contribution in [0.5, 0.6) is 0 Å². The highest BCUT2D eigenvalue weighted by atomic mass is 19.1. The predicted molar refractivity (Wildman–Crippen MR) is 109 cm³/mol. The number of carbonyl (C=O) groups excluding carboxylic acids is 1. The lowest BCUT2D eigenvalue weighted by Gasteiger charge is -2.23. The van der Waals surface area contributed by atoms with Gasteiger partial charge in [-0.1, -0.05) is 12.1 Å². The minimum Gasteiger partial charge on any atom is -0.370 e. The van der Waals surface area contributed by atoms with Crippen LogP contribution in [-0.2, 0) is 0 Å². The summed E-state index contributed by atoms with van der Waals surface area (Å²) in [4.78, 5) is 16.8. The molecule has 0 spiro atoms. The molecule has 7 heteroatoms. The molecule has 2 aromatic rings. The Kier molecular flexibility index (Phi) is 4.53. The minimum atomic E-state index is -0.568. The molecule has 0 aromatic heterocycles. The highest BCUT2D eigenvalue weighted by Gasteiger charge is 2.56. The molecule has 5 rings (SSSR count). The van der Waals surface area contributed by atoms with Crippen LogP contribution in [0, 0.1) is 23.5 Å². The van der Waals surface area contributed by atoms with E-state index >= 15 is 0 Å². The van der Waals surface area contributed by atoms with Crippen molar-refractivity contribution in [2.45, 2.75) is 18.9 Å². The topological polar surface area (TPSA) is 47.6 Å². The van der Waals surface area contributed by atoms with Crippen LogP contribution in [0.25, 0.3) is 0 Å². The van der Waals surface area contributed by atoms with Gasteiger partial charge in [-0.3, -0.25) is 0 Å². The van der Waals surface area contributed by atoms with Crippen LogP contribution in [0.1, 0.15) is 12.8 Å². The Hall–Kier alpha value is -2.83. The van der Waals surface area contributed by atoms with Gasteiger partial charge in [-0.05, 0) is 37.1 Å². The molecule has 2 saturated heterocycles. The summed E-state index contributed by atoms with van der Waals surface area (Å²) >= 11 is 0. The molecule has 2 aromatic carbocycles. The van der Waals surface area contributed by atoms with Crippen LogP contribution in [0.4, 0.5) is 30.6 Å². The number of fused-ring (bicyclic) bond motifs is 1. The zero-order valence-corrected chi connectivity index (χ0v) is 16.1. The largest absolute Gasteiger partial charge is 0.370 e. The first-order valence-corrected chi connectivity index (χ1v) is 10.2. The normalized spacial score (nSPS) is 25.1. The van der Waals surface area contributed by atoms with Gasteiger partial charge in [0.25, 0.3) is 0 Å². The molecule has 1 aliphatic carbocycles. The van der Waals surface area contributed by atoms with Crippen LogP contribution in [0.3, 0.4) is 0 Å². The summed E-state index contributed by atoms with van der Waals surface area (Å²) in [5.74, 6) is -0.494. The molecule has 2 atom stereocenters. The summed E-state index contributed by atoms with van der Waals surface area (Å²) in [6, 6.07) is 11.5.